The number of quaternary nitrogens is 1. The van der Waals surface area contributed by atoms with Crippen LogP contribution in [0.1, 0.15) is 0 Å². The second kappa shape index (κ2) is 4.85. The Morgan fingerprint density at radius 2 is 1.67 bits per heavy atom. The molecule has 0 aromatic heterocycles. The SMILES string of the molecule is COc1ccc([NH3+])cc1OC.[Cl-]. The van der Waals surface area contributed by atoms with E-state index in [1.54, 1.807) is 14.2 Å². The fourth-order valence-electron chi connectivity index (χ4n) is 0.881. The van der Waals surface area contributed by atoms with Crippen molar-refractivity contribution in [2.45, 2.75) is 0 Å². The summed E-state index contributed by atoms with van der Waals surface area (Å²) in [6, 6.07) is 5.54. The molecule has 1 aromatic rings. The number of rotatable bonds is 2. The molecule has 0 aliphatic rings. The highest BCUT2D eigenvalue weighted by molar-refractivity contribution is 5.47. The lowest BCUT2D eigenvalue weighted by atomic mass is 10.3. The highest BCUT2D eigenvalue weighted by atomic mass is 35.5. The lowest BCUT2D eigenvalue weighted by Crippen LogP contribution is -3.00. The Hall–Kier alpha value is -0.930. The molecule has 0 atom stereocenters. The second-order valence-electron chi connectivity index (χ2n) is 2.19. The zero-order valence-electron chi connectivity index (χ0n) is 7.13. The average Bonchev–Trinajstić information content (AvgIpc) is 2.04. The summed E-state index contributed by atoms with van der Waals surface area (Å²) in [7, 11) is 3.22. The molecule has 1 aromatic carbocycles. The van der Waals surface area contributed by atoms with Crippen LogP contribution in [-0.2, 0) is 0 Å². The number of ether oxygens (including phenoxy) is 2. The minimum Gasteiger partial charge on any atom is -1.00 e. The molecule has 0 aliphatic carbocycles. The Kier molecular flexibility index (Phi) is 4.47. The third-order valence-electron chi connectivity index (χ3n) is 1.45. The number of hydrogen-bond acceptors (Lipinski definition) is 2. The van der Waals surface area contributed by atoms with Gasteiger partial charge in [0.05, 0.1) is 14.2 Å². The molecule has 4 heteroatoms. The zero-order chi connectivity index (χ0) is 8.27. The van der Waals surface area contributed by atoms with E-state index in [4.69, 9.17) is 9.47 Å². The highest BCUT2D eigenvalue weighted by Crippen LogP contribution is 2.27. The van der Waals surface area contributed by atoms with Gasteiger partial charge in [0.1, 0.15) is 5.69 Å². The van der Waals surface area contributed by atoms with E-state index < -0.39 is 0 Å². The summed E-state index contributed by atoms with van der Waals surface area (Å²) in [5.41, 5.74) is 4.69. The van der Waals surface area contributed by atoms with Gasteiger partial charge >= 0.3 is 0 Å². The van der Waals surface area contributed by atoms with Gasteiger partial charge in [-0.05, 0) is 6.07 Å². The predicted octanol–water partition coefficient (Wildman–Crippen LogP) is -2.42. The van der Waals surface area contributed by atoms with Crippen molar-refractivity contribution in [2.75, 3.05) is 14.2 Å². The van der Waals surface area contributed by atoms with Crippen molar-refractivity contribution in [3.05, 3.63) is 18.2 Å². The van der Waals surface area contributed by atoms with Crippen LogP contribution in [0.25, 0.3) is 0 Å². The monoisotopic (exact) mass is 189 g/mol. The molecule has 0 heterocycles. The molecule has 0 saturated heterocycles. The Balaban J connectivity index is 0.00000121. The maximum Gasteiger partial charge on any atom is 0.166 e. The van der Waals surface area contributed by atoms with Gasteiger partial charge in [-0.2, -0.15) is 0 Å². The van der Waals surface area contributed by atoms with Gasteiger partial charge in [0.15, 0.2) is 11.5 Å². The maximum absolute atomic E-state index is 5.05. The van der Waals surface area contributed by atoms with Crippen molar-refractivity contribution in [3.63, 3.8) is 0 Å². The van der Waals surface area contributed by atoms with Crippen molar-refractivity contribution < 1.29 is 27.6 Å². The molecule has 0 radical (unpaired) electrons. The lowest BCUT2D eigenvalue weighted by Gasteiger charge is -2.05. The van der Waals surface area contributed by atoms with Gasteiger partial charge in [0.2, 0.25) is 0 Å². The maximum atomic E-state index is 5.05. The van der Waals surface area contributed by atoms with E-state index in [0.717, 1.165) is 17.2 Å². The molecule has 3 N–H and O–H groups in total. The molecule has 0 spiro atoms. The first-order valence-corrected chi connectivity index (χ1v) is 3.32. The summed E-state index contributed by atoms with van der Waals surface area (Å²) in [6.45, 7) is 0. The van der Waals surface area contributed by atoms with E-state index in [-0.39, 0.29) is 12.4 Å². The topological polar surface area (TPSA) is 46.1 Å². The van der Waals surface area contributed by atoms with Crippen LogP contribution in [0.2, 0.25) is 0 Å². The molecule has 1 rings (SSSR count). The van der Waals surface area contributed by atoms with Crippen LogP contribution in [0.4, 0.5) is 5.69 Å². The largest absolute Gasteiger partial charge is 1.00 e. The van der Waals surface area contributed by atoms with Crippen molar-refractivity contribution >= 4 is 5.69 Å². The standard InChI is InChI=1S/C8H11NO2.ClH/c1-10-7-4-3-6(9)5-8(7)11-2;/h3-5H,9H2,1-2H3;1H. The number of methoxy groups -OCH3 is 2. The molecule has 68 valence electrons. The minimum atomic E-state index is 0. The van der Waals surface area contributed by atoms with E-state index in [2.05, 4.69) is 5.73 Å². The van der Waals surface area contributed by atoms with E-state index in [9.17, 15) is 0 Å². The van der Waals surface area contributed by atoms with Crippen LogP contribution in [-0.4, -0.2) is 14.2 Å². The van der Waals surface area contributed by atoms with Crippen molar-refractivity contribution in [3.8, 4) is 11.5 Å². The van der Waals surface area contributed by atoms with Gasteiger partial charge in [0, 0.05) is 12.1 Å². The third-order valence-corrected chi connectivity index (χ3v) is 1.45. The average molecular weight is 190 g/mol. The third kappa shape index (κ3) is 2.29. The summed E-state index contributed by atoms with van der Waals surface area (Å²) >= 11 is 0. The van der Waals surface area contributed by atoms with Crippen LogP contribution in [0.3, 0.4) is 0 Å². The predicted molar refractivity (Wildman–Crippen MR) is 42.1 cm³/mol. The molecule has 0 aliphatic heterocycles. The smallest absolute Gasteiger partial charge is 0.166 e. The normalized spacial score (nSPS) is 8.58. The van der Waals surface area contributed by atoms with Gasteiger partial charge in [-0.15, -0.1) is 0 Å². The van der Waals surface area contributed by atoms with Gasteiger partial charge in [-0.3, -0.25) is 0 Å². The van der Waals surface area contributed by atoms with E-state index in [0.29, 0.717) is 0 Å². The van der Waals surface area contributed by atoms with Gasteiger partial charge in [-0.1, -0.05) is 0 Å². The zero-order valence-corrected chi connectivity index (χ0v) is 7.89. The van der Waals surface area contributed by atoms with Crippen molar-refractivity contribution in [1.29, 1.82) is 0 Å². The summed E-state index contributed by atoms with van der Waals surface area (Å²) in [5.74, 6) is 1.46. The van der Waals surface area contributed by atoms with Gasteiger partial charge < -0.3 is 27.6 Å². The first-order chi connectivity index (χ1) is 5.27. The van der Waals surface area contributed by atoms with Crippen LogP contribution < -0.4 is 27.6 Å². The van der Waals surface area contributed by atoms with Crippen molar-refractivity contribution in [2.24, 2.45) is 0 Å². The summed E-state index contributed by atoms with van der Waals surface area (Å²) < 4.78 is 10.1. The summed E-state index contributed by atoms with van der Waals surface area (Å²) in [4.78, 5) is 0. The Labute approximate surface area is 77.9 Å². The molecule has 0 saturated carbocycles. The minimum absolute atomic E-state index is 0. The molecule has 0 bridgehead atoms. The van der Waals surface area contributed by atoms with E-state index >= 15 is 0 Å². The number of hydrogen-bond donors (Lipinski definition) is 1. The first-order valence-electron chi connectivity index (χ1n) is 3.32. The Morgan fingerprint density at radius 3 is 2.17 bits per heavy atom. The Morgan fingerprint density at radius 1 is 1.08 bits per heavy atom. The van der Waals surface area contributed by atoms with Crippen LogP contribution >= 0.6 is 0 Å². The lowest BCUT2D eigenvalue weighted by molar-refractivity contribution is -0.254. The fraction of sp³-hybridized carbons (Fsp3) is 0.250. The molecule has 0 fully saturated rings. The number of benzene rings is 1. The molecule has 0 unspecified atom stereocenters. The highest BCUT2D eigenvalue weighted by Gasteiger charge is 2.02. The quantitative estimate of drug-likeness (QED) is 0.563. The van der Waals surface area contributed by atoms with Crippen molar-refractivity contribution in [1.82, 2.24) is 0 Å². The molecular formula is C8H12ClNO2. The van der Waals surface area contributed by atoms with Crippen LogP contribution in [0.15, 0.2) is 18.2 Å². The molecule has 3 nitrogen and oxygen atoms in total. The van der Waals surface area contributed by atoms with E-state index in [1.165, 1.54) is 0 Å². The Bertz CT molecular complexity index is 253. The van der Waals surface area contributed by atoms with Gasteiger partial charge in [-0.25, -0.2) is 0 Å². The summed E-state index contributed by atoms with van der Waals surface area (Å²) in [5, 5.41) is 0. The number of halogens is 1. The van der Waals surface area contributed by atoms with E-state index in [1.807, 2.05) is 18.2 Å². The first kappa shape index (κ1) is 11.1. The molecule has 0 amide bonds. The summed E-state index contributed by atoms with van der Waals surface area (Å²) in [6.07, 6.45) is 0. The van der Waals surface area contributed by atoms with Crippen LogP contribution in [0.5, 0.6) is 11.5 Å². The fourth-order valence-corrected chi connectivity index (χ4v) is 0.881. The molecular weight excluding hydrogens is 178 g/mol. The van der Waals surface area contributed by atoms with Gasteiger partial charge in [0.25, 0.3) is 0 Å². The van der Waals surface area contributed by atoms with Crippen LogP contribution in [0, 0.1) is 0 Å². The second-order valence-corrected chi connectivity index (χ2v) is 2.19. The molecule has 12 heavy (non-hydrogen) atoms.